The van der Waals surface area contributed by atoms with Crippen LogP contribution in [0.5, 0.6) is 5.75 Å². The normalized spacial score (nSPS) is 15.8. The van der Waals surface area contributed by atoms with Crippen molar-refractivity contribution < 1.29 is 35.9 Å². The molecule has 13 heteroatoms. The number of benzene rings is 1. The number of halogens is 6. The minimum Gasteiger partial charge on any atom is -0.496 e. The maximum Gasteiger partial charge on any atom is 0.433 e. The van der Waals surface area contributed by atoms with Crippen LogP contribution in [0.25, 0.3) is 28.4 Å². The lowest BCUT2D eigenvalue weighted by Crippen LogP contribution is -2.17. The van der Waals surface area contributed by atoms with Crippen LogP contribution in [-0.4, -0.2) is 27.3 Å². The second kappa shape index (κ2) is 8.55. The predicted octanol–water partition coefficient (Wildman–Crippen LogP) is 5.83. The molecule has 1 amide bonds. The Balaban J connectivity index is 1.89. The topological polar surface area (TPSA) is 64.1 Å². The molecule has 0 radical (unpaired) electrons. The Morgan fingerprint density at radius 2 is 1.76 bits per heavy atom. The summed E-state index contributed by atoms with van der Waals surface area (Å²) in [6.07, 6.45) is -8.62. The monoisotopic (exact) mass is 515 g/mol. The summed E-state index contributed by atoms with van der Waals surface area (Å²) >= 11 is 5.99. The van der Waals surface area contributed by atoms with E-state index in [0.717, 1.165) is 17.8 Å². The highest BCUT2D eigenvalue weighted by Gasteiger charge is 2.39. The Morgan fingerprint density at radius 3 is 2.35 bits per heavy atom. The molecule has 4 rings (SSSR count). The maximum atomic E-state index is 13.4. The first-order valence-corrected chi connectivity index (χ1v) is 10.5. The van der Waals surface area contributed by atoms with Crippen molar-refractivity contribution in [2.24, 2.45) is 0 Å². The molecule has 0 spiro atoms. The van der Waals surface area contributed by atoms with E-state index in [2.05, 4.69) is 15.3 Å². The number of ether oxygens (including phenoxy) is 1. The van der Waals surface area contributed by atoms with Crippen molar-refractivity contribution >= 4 is 51.3 Å². The Labute approximate surface area is 197 Å². The summed E-state index contributed by atoms with van der Waals surface area (Å²) in [6.45, 7) is 0. The Kier molecular flexibility index (Phi) is 6.02. The van der Waals surface area contributed by atoms with Gasteiger partial charge < -0.3 is 10.1 Å². The lowest BCUT2D eigenvalue weighted by atomic mass is 10.0. The predicted molar refractivity (Wildman–Crippen MR) is 118 cm³/mol. The second-order valence-corrected chi connectivity index (χ2v) is 8.65. The van der Waals surface area contributed by atoms with E-state index in [1.165, 1.54) is 31.4 Å². The van der Waals surface area contributed by atoms with Crippen LogP contribution in [0.3, 0.4) is 0 Å². The molecule has 176 valence electrons. The van der Waals surface area contributed by atoms with E-state index in [1.54, 1.807) is 6.07 Å². The fraction of sp³-hybridized carbons (Fsp3) is 0.143. The SMILES string of the molecule is COc1ccc(/C=C2\SC(=S)NC2=O)cc1-c1ccc2c(C(F)(F)F)cc(C(F)(F)F)nc2n1. The van der Waals surface area contributed by atoms with Gasteiger partial charge in [0.25, 0.3) is 5.91 Å². The van der Waals surface area contributed by atoms with Crippen LogP contribution in [0.2, 0.25) is 0 Å². The fourth-order valence-electron chi connectivity index (χ4n) is 3.22. The minimum atomic E-state index is -5.10. The van der Waals surface area contributed by atoms with E-state index in [-0.39, 0.29) is 33.3 Å². The zero-order chi connectivity index (χ0) is 24.8. The molecule has 3 heterocycles. The van der Waals surface area contributed by atoms with Gasteiger partial charge in [0.2, 0.25) is 0 Å². The zero-order valence-corrected chi connectivity index (χ0v) is 18.5. The van der Waals surface area contributed by atoms with Crippen molar-refractivity contribution in [3.8, 4) is 17.0 Å². The molecule has 0 aliphatic carbocycles. The van der Waals surface area contributed by atoms with Gasteiger partial charge in [-0.3, -0.25) is 4.79 Å². The molecule has 0 bridgehead atoms. The molecule has 1 N–H and O–H groups in total. The first-order valence-electron chi connectivity index (χ1n) is 9.26. The summed E-state index contributed by atoms with van der Waals surface area (Å²) in [5.74, 6) is -0.129. The quantitative estimate of drug-likeness (QED) is 0.269. The Morgan fingerprint density at radius 1 is 1.03 bits per heavy atom. The summed E-state index contributed by atoms with van der Waals surface area (Å²) in [5.41, 5.74) is -3.10. The number of alkyl halides is 6. The van der Waals surface area contributed by atoms with Crippen molar-refractivity contribution in [1.29, 1.82) is 0 Å². The maximum absolute atomic E-state index is 13.4. The average molecular weight is 515 g/mol. The number of rotatable bonds is 3. The van der Waals surface area contributed by atoms with Gasteiger partial charge in [-0.2, -0.15) is 26.3 Å². The van der Waals surface area contributed by atoms with E-state index in [9.17, 15) is 31.1 Å². The standard InChI is InChI=1S/C21H11F6N3O2S2/c1-32-14-5-2-9(7-15-18(31)30-19(33)34-15)6-11(14)13-4-3-10-12(20(22,23)24)8-16(21(25,26)27)29-17(10)28-13/h2-8H,1H3,(H,30,31,33)/b15-7-. The van der Waals surface area contributed by atoms with E-state index in [4.69, 9.17) is 17.0 Å². The molecule has 1 aromatic carbocycles. The van der Waals surface area contributed by atoms with Crippen LogP contribution >= 0.6 is 24.0 Å². The summed E-state index contributed by atoms with van der Waals surface area (Å²) in [4.78, 5) is 19.6. The Hall–Kier alpha value is -3.19. The first kappa shape index (κ1) is 24.0. The summed E-state index contributed by atoms with van der Waals surface area (Å²) in [7, 11) is 1.35. The largest absolute Gasteiger partial charge is 0.496 e. The number of methoxy groups -OCH3 is 1. The van der Waals surface area contributed by atoms with Gasteiger partial charge in [-0.1, -0.05) is 30.0 Å². The van der Waals surface area contributed by atoms with E-state index >= 15 is 0 Å². The molecule has 0 unspecified atom stereocenters. The van der Waals surface area contributed by atoms with Crippen LogP contribution in [0.4, 0.5) is 26.3 Å². The molecular weight excluding hydrogens is 504 g/mol. The molecule has 1 aliphatic heterocycles. The third-order valence-corrected chi connectivity index (χ3v) is 5.87. The summed E-state index contributed by atoms with van der Waals surface area (Å²) in [5, 5.41) is 1.89. The number of fused-ring (bicyclic) bond motifs is 1. The number of thioether (sulfide) groups is 1. The average Bonchev–Trinajstić information content (AvgIpc) is 3.07. The molecule has 5 nitrogen and oxygen atoms in total. The number of hydrogen-bond acceptors (Lipinski definition) is 6. The van der Waals surface area contributed by atoms with Crippen LogP contribution in [0.1, 0.15) is 16.8 Å². The smallest absolute Gasteiger partial charge is 0.433 e. The van der Waals surface area contributed by atoms with E-state index in [0.29, 0.717) is 10.5 Å². The minimum absolute atomic E-state index is 0.0311. The molecule has 2 aromatic heterocycles. The van der Waals surface area contributed by atoms with Crippen molar-refractivity contribution in [2.45, 2.75) is 12.4 Å². The number of carbonyl (C=O) groups is 1. The molecule has 0 saturated carbocycles. The lowest BCUT2D eigenvalue weighted by molar-refractivity contribution is -0.144. The van der Waals surface area contributed by atoms with Crippen LogP contribution in [0, 0.1) is 0 Å². The van der Waals surface area contributed by atoms with Crippen molar-refractivity contribution in [1.82, 2.24) is 15.3 Å². The molecule has 1 fully saturated rings. The van der Waals surface area contributed by atoms with Gasteiger partial charge in [0.05, 0.1) is 23.3 Å². The molecule has 34 heavy (non-hydrogen) atoms. The van der Waals surface area contributed by atoms with Gasteiger partial charge in [-0.25, -0.2) is 9.97 Å². The molecule has 0 atom stereocenters. The number of amides is 1. The molecule has 1 saturated heterocycles. The fourth-order valence-corrected chi connectivity index (χ4v) is 4.27. The number of aromatic nitrogens is 2. The van der Waals surface area contributed by atoms with Gasteiger partial charge in [-0.05, 0) is 42.0 Å². The Bertz CT molecular complexity index is 1370. The van der Waals surface area contributed by atoms with Crippen LogP contribution < -0.4 is 10.1 Å². The van der Waals surface area contributed by atoms with Crippen molar-refractivity contribution in [3.05, 3.63) is 58.1 Å². The highest BCUT2D eigenvalue weighted by molar-refractivity contribution is 8.26. The molecule has 1 aliphatic rings. The third-order valence-electron chi connectivity index (χ3n) is 4.71. The number of nitrogens with zero attached hydrogens (tertiary/aromatic N) is 2. The van der Waals surface area contributed by atoms with Crippen LogP contribution in [0.15, 0.2) is 41.3 Å². The molecule has 3 aromatic rings. The lowest BCUT2D eigenvalue weighted by Gasteiger charge is -2.15. The van der Waals surface area contributed by atoms with E-state index in [1.807, 2.05) is 0 Å². The summed E-state index contributed by atoms with van der Waals surface area (Å²) in [6, 6.07) is 6.89. The number of hydrogen-bond donors (Lipinski definition) is 1. The molecular formula is C21H11F6N3O2S2. The second-order valence-electron chi connectivity index (χ2n) is 6.93. The van der Waals surface area contributed by atoms with Crippen molar-refractivity contribution in [3.63, 3.8) is 0 Å². The van der Waals surface area contributed by atoms with Gasteiger partial charge >= 0.3 is 12.4 Å². The number of thiocarbonyl (C=S) groups is 1. The highest BCUT2D eigenvalue weighted by Crippen LogP contribution is 2.39. The summed E-state index contributed by atoms with van der Waals surface area (Å²) < 4.78 is 85.5. The zero-order valence-electron chi connectivity index (χ0n) is 16.8. The van der Waals surface area contributed by atoms with Crippen LogP contribution in [-0.2, 0) is 17.1 Å². The highest BCUT2D eigenvalue weighted by atomic mass is 32.2. The van der Waals surface area contributed by atoms with Gasteiger partial charge in [0.15, 0.2) is 5.65 Å². The van der Waals surface area contributed by atoms with E-state index < -0.39 is 34.6 Å². The van der Waals surface area contributed by atoms with Gasteiger partial charge in [0.1, 0.15) is 15.8 Å². The third kappa shape index (κ3) is 4.71. The number of carbonyl (C=O) groups excluding carboxylic acids is 1. The number of nitrogens with one attached hydrogen (secondary N) is 1. The van der Waals surface area contributed by atoms with Gasteiger partial charge in [-0.15, -0.1) is 0 Å². The van der Waals surface area contributed by atoms with Crippen molar-refractivity contribution in [2.75, 3.05) is 7.11 Å². The van der Waals surface area contributed by atoms with Gasteiger partial charge in [0, 0.05) is 10.9 Å². The first-order chi connectivity index (χ1) is 15.9. The number of pyridine rings is 2.